The van der Waals surface area contributed by atoms with Gasteiger partial charge in [0.1, 0.15) is 0 Å². The molecule has 2 heteroatoms. The number of benzene rings is 1. The molecule has 2 nitrogen and oxygen atoms in total. The summed E-state index contributed by atoms with van der Waals surface area (Å²) in [4.78, 5) is 0. The zero-order valence-electron chi connectivity index (χ0n) is 11.4. The summed E-state index contributed by atoms with van der Waals surface area (Å²) in [6.45, 7) is 10.3. The quantitative estimate of drug-likeness (QED) is 0.782. The van der Waals surface area contributed by atoms with E-state index in [9.17, 15) is 0 Å². The molecule has 17 heavy (non-hydrogen) atoms. The van der Waals surface area contributed by atoms with Gasteiger partial charge in [0.05, 0.1) is 6.61 Å². The van der Waals surface area contributed by atoms with E-state index in [1.54, 1.807) is 0 Å². The van der Waals surface area contributed by atoms with Crippen molar-refractivity contribution in [3.63, 3.8) is 0 Å². The summed E-state index contributed by atoms with van der Waals surface area (Å²) in [6.07, 6.45) is 0. The molecule has 2 unspecified atom stereocenters. The summed E-state index contributed by atoms with van der Waals surface area (Å²) in [6, 6.07) is 11.3. The molecule has 0 heterocycles. The number of nitrogens with one attached hydrogen (secondary N) is 1. The molecule has 1 rings (SSSR count). The summed E-state index contributed by atoms with van der Waals surface area (Å²) in [5.41, 5.74) is 1.33. The van der Waals surface area contributed by atoms with E-state index in [4.69, 9.17) is 4.74 Å². The Balaban J connectivity index is 2.54. The molecule has 0 radical (unpaired) electrons. The van der Waals surface area contributed by atoms with Crippen molar-refractivity contribution in [3.05, 3.63) is 35.9 Å². The highest BCUT2D eigenvalue weighted by Crippen LogP contribution is 2.14. The van der Waals surface area contributed by atoms with Crippen molar-refractivity contribution in [1.82, 2.24) is 5.32 Å². The lowest BCUT2D eigenvalue weighted by Crippen LogP contribution is -2.39. The van der Waals surface area contributed by atoms with E-state index < -0.39 is 0 Å². The van der Waals surface area contributed by atoms with Crippen LogP contribution >= 0.6 is 0 Å². The zero-order valence-corrected chi connectivity index (χ0v) is 11.4. The largest absolute Gasteiger partial charge is 0.380 e. The smallest absolute Gasteiger partial charge is 0.0622 e. The zero-order chi connectivity index (χ0) is 12.7. The Morgan fingerprint density at radius 3 is 2.29 bits per heavy atom. The van der Waals surface area contributed by atoms with E-state index in [0.29, 0.717) is 18.0 Å². The summed E-state index contributed by atoms with van der Waals surface area (Å²) >= 11 is 0. The lowest BCUT2D eigenvalue weighted by Gasteiger charge is -2.26. The second-order valence-electron chi connectivity index (χ2n) is 4.81. The SMILES string of the molecule is CCOCC(NC(C)c1ccccc1)C(C)C. The molecule has 0 spiro atoms. The Hall–Kier alpha value is -0.860. The summed E-state index contributed by atoms with van der Waals surface area (Å²) in [5, 5.41) is 3.64. The van der Waals surface area contributed by atoms with Crippen LogP contribution in [0.25, 0.3) is 0 Å². The fourth-order valence-electron chi connectivity index (χ4n) is 1.84. The summed E-state index contributed by atoms with van der Waals surface area (Å²) in [5.74, 6) is 0.577. The summed E-state index contributed by atoms with van der Waals surface area (Å²) < 4.78 is 5.53. The van der Waals surface area contributed by atoms with Crippen LogP contribution in [0.5, 0.6) is 0 Å². The van der Waals surface area contributed by atoms with Crippen LogP contribution in [0.15, 0.2) is 30.3 Å². The molecule has 2 atom stereocenters. The fourth-order valence-corrected chi connectivity index (χ4v) is 1.84. The van der Waals surface area contributed by atoms with Gasteiger partial charge < -0.3 is 10.1 Å². The van der Waals surface area contributed by atoms with Crippen molar-refractivity contribution in [3.8, 4) is 0 Å². The molecule has 0 aliphatic rings. The first-order valence-electron chi connectivity index (χ1n) is 6.53. The average molecular weight is 235 g/mol. The van der Waals surface area contributed by atoms with Gasteiger partial charge in [-0.05, 0) is 25.3 Å². The molecule has 96 valence electrons. The van der Waals surface area contributed by atoms with E-state index in [1.165, 1.54) is 5.56 Å². The minimum Gasteiger partial charge on any atom is -0.380 e. The third-order valence-electron chi connectivity index (χ3n) is 3.07. The van der Waals surface area contributed by atoms with Gasteiger partial charge in [-0.25, -0.2) is 0 Å². The summed E-state index contributed by atoms with van der Waals surface area (Å²) in [7, 11) is 0. The molecule has 1 N–H and O–H groups in total. The van der Waals surface area contributed by atoms with Crippen LogP contribution in [0.2, 0.25) is 0 Å². The highest BCUT2D eigenvalue weighted by atomic mass is 16.5. The lowest BCUT2D eigenvalue weighted by molar-refractivity contribution is 0.104. The van der Waals surface area contributed by atoms with Gasteiger partial charge >= 0.3 is 0 Å². The molecular weight excluding hydrogens is 210 g/mol. The topological polar surface area (TPSA) is 21.3 Å². The Morgan fingerprint density at radius 1 is 1.12 bits per heavy atom. The van der Waals surface area contributed by atoms with Crippen LogP contribution in [-0.2, 0) is 4.74 Å². The van der Waals surface area contributed by atoms with Crippen molar-refractivity contribution in [1.29, 1.82) is 0 Å². The number of hydrogen-bond donors (Lipinski definition) is 1. The van der Waals surface area contributed by atoms with Crippen LogP contribution in [0.1, 0.15) is 39.3 Å². The highest BCUT2D eigenvalue weighted by molar-refractivity contribution is 5.18. The fraction of sp³-hybridized carbons (Fsp3) is 0.600. The van der Waals surface area contributed by atoms with E-state index >= 15 is 0 Å². The molecular formula is C15H25NO. The first-order chi connectivity index (χ1) is 8.15. The molecule has 0 aromatic heterocycles. The van der Waals surface area contributed by atoms with E-state index in [1.807, 2.05) is 6.92 Å². The van der Waals surface area contributed by atoms with Crippen molar-refractivity contribution < 1.29 is 4.74 Å². The van der Waals surface area contributed by atoms with Crippen molar-refractivity contribution >= 4 is 0 Å². The van der Waals surface area contributed by atoms with Gasteiger partial charge in [-0.15, -0.1) is 0 Å². The Morgan fingerprint density at radius 2 is 1.76 bits per heavy atom. The van der Waals surface area contributed by atoms with E-state index in [2.05, 4.69) is 56.4 Å². The van der Waals surface area contributed by atoms with Gasteiger partial charge in [0.25, 0.3) is 0 Å². The van der Waals surface area contributed by atoms with E-state index in [0.717, 1.165) is 13.2 Å². The van der Waals surface area contributed by atoms with Gasteiger partial charge in [-0.1, -0.05) is 44.2 Å². The van der Waals surface area contributed by atoms with Crippen LogP contribution in [-0.4, -0.2) is 19.3 Å². The monoisotopic (exact) mass is 235 g/mol. The third kappa shape index (κ3) is 4.88. The minimum atomic E-state index is 0.365. The maximum Gasteiger partial charge on any atom is 0.0622 e. The average Bonchev–Trinajstić information content (AvgIpc) is 2.35. The molecule has 1 aromatic rings. The Bertz CT molecular complexity index is 297. The first-order valence-corrected chi connectivity index (χ1v) is 6.53. The van der Waals surface area contributed by atoms with Crippen molar-refractivity contribution in [2.45, 2.75) is 39.8 Å². The second-order valence-corrected chi connectivity index (χ2v) is 4.81. The molecule has 0 saturated carbocycles. The van der Waals surface area contributed by atoms with Gasteiger partial charge in [0.2, 0.25) is 0 Å². The molecule has 1 aromatic carbocycles. The predicted molar refractivity (Wildman–Crippen MR) is 73.1 cm³/mol. The van der Waals surface area contributed by atoms with Crippen molar-refractivity contribution in [2.75, 3.05) is 13.2 Å². The van der Waals surface area contributed by atoms with E-state index in [-0.39, 0.29) is 0 Å². The van der Waals surface area contributed by atoms with Gasteiger partial charge in [-0.3, -0.25) is 0 Å². The Labute approximate surface area is 105 Å². The molecule has 0 aliphatic heterocycles. The standard InChI is InChI=1S/C15H25NO/c1-5-17-11-15(12(2)3)16-13(4)14-9-7-6-8-10-14/h6-10,12-13,15-16H,5,11H2,1-4H3. The van der Waals surface area contributed by atoms with Crippen molar-refractivity contribution in [2.24, 2.45) is 5.92 Å². The molecule has 0 aliphatic carbocycles. The molecule has 0 amide bonds. The third-order valence-corrected chi connectivity index (χ3v) is 3.07. The van der Waals surface area contributed by atoms with Crippen LogP contribution < -0.4 is 5.32 Å². The Kier molecular flexibility index (Phi) is 6.23. The van der Waals surface area contributed by atoms with Crippen LogP contribution in [0.4, 0.5) is 0 Å². The highest BCUT2D eigenvalue weighted by Gasteiger charge is 2.16. The predicted octanol–water partition coefficient (Wildman–Crippen LogP) is 3.40. The minimum absolute atomic E-state index is 0.365. The van der Waals surface area contributed by atoms with Gasteiger partial charge in [0, 0.05) is 18.7 Å². The number of rotatable bonds is 7. The number of ether oxygens (including phenoxy) is 1. The molecule has 0 fully saturated rings. The van der Waals surface area contributed by atoms with Crippen LogP contribution in [0.3, 0.4) is 0 Å². The lowest BCUT2D eigenvalue weighted by atomic mass is 10.0. The van der Waals surface area contributed by atoms with Gasteiger partial charge in [-0.2, -0.15) is 0 Å². The van der Waals surface area contributed by atoms with Gasteiger partial charge in [0.15, 0.2) is 0 Å². The first kappa shape index (κ1) is 14.2. The maximum absolute atomic E-state index is 5.53. The second kappa shape index (κ2) is 7.46. The van der Waals surface area contributed by atoms with Crippen LogP contribution in [0, 0.1) is 5.92 Å². The normalized spacial score (nSPS) is 14.9. The molecule has 0 bridgehead atoms. The number of hydrogen-bond acceptors (Lipinski definition) is 2. The molecule has 0 saturated heterocycles. The maximum atomic E-state index is 5.53.